The van der Waals surface area contributed by atoms with E-state index >= 15 is 0 Å². The van der Waals surface area contributed by atoms with Crippen LogP contribution >= 0.6 is 23.6 Å². The molecule has 1 amide bonds. The summed E-state index contributed by atoms with van der Waals surface area (Å²) in [6.45, 7) is 0.935. The monoisotopic (exact) mass is 550 g/mol. The number of nitrogens with zero attached hydrogens (tertiary/aromatic N) is 3. The van der Waals surface area contributed by atoms with Gasteiger partial charge < -0.3 is 25.4 Å². The summed E-state index contributed by atoms with van der Waals surface area (Å²) in [7, 11) is 3.98. The Morgan fingerprint density at radius 2 is 1.95 bits per heavy atom. The third kappa shape index (κ3) is 6.80. The molecule has 0 bridgehead atoms. The van der Waals surface area contributed by atoms with Crippen molar-refractivity contribution in [1.82, 2.24) is 20.2 Å². The Morgan fingerprint density at radius 3 is 2.54 bits per heavy atom. The van der Waals surface area contributed by atoms with Gasteiger partial charge in [0.2, 0.25) is 0 Å². The molecule has 198 valence electrons. The highest BCUT2D eigenvalue weighted by Crippen LogP contribution is 2.34. The maximum atomic E-state index is 13.4. The smallest absolute Gasteiger partial charge is 0.378 e. The number of halogens is 3. The second kappa shape index (κ2) is 11.5. The number of H-pyrrole nitrogens is 1. The quantitative estimate of drug-likeness (QED) is 0.352. The van der Waals surface area contributed by atoms with E-state index in [0.29, 0.717) is 5.11 Å². The number of amides is 1. The van der Waals surface area contributed by atoms with Crippen LogP contribution in [0.2, 0.25) is 0 Å². The van der Waals surface area contributed by atoms with Crippen LogP contribution in [-0.4, -0.2) is 65.8 Å². The van der Waals surface area contributed by atoms with Gasteiger partial charge in [0, 0.05) is 68.3 Å². The molecule has 3 aromatic rings. The van der Waals surface area contributed by atoms with Crippen molar-refractivity contribution in [3.63, 3.8) is 0 Å². The van der Waals surface area contributed by atoms with E-state index < -0.39 is 24.5 Å². The molecule has 1 aliphatic rings. The van der Waals surface area contributed by atoms with E-state index in [0.717, 1.165) is 42.3 Å². The number of anilines is 2. The number of carbonyl (C=O) groups is 1. The van der Waals surface area contributed by atoms with Gasteiger partial charge in [0.15, 0.2) is 5.11 Å². The number of carbonyl (C=O) groups excluding carboxylic acids is 1. The van der Waals surface area contributed by atoms with E-state index in [1.807, 2.05) is 43.3 Å². The van der Waals surface area contributed by atoms with Crippen LogP contribution in [0.4, 0.5) is 24.5 Å². The maximum Gasteiger partial charge on any atom is 0.398 e. The molecule has 4 rings (SSSR count). The molecule has 12 heteroatoms. The van der Waals surface area contributed by atoms with Gasteiger partial charge in [-0.25, -0.2) is 4.98 Å². The van der Waals surface area contributed by atoms with E-state index in [4.69, 9.17) is 12.2 Å². The van der Waals surface area contributed by atoms with Crippen LogP contribution < -0.4 is 15.5 Å². The Morgan fingerprint density at radius 1 is 1.24 bits per heavy atom. The topological polar surface area (TPSA) is 76.3 Å². The van der Waals surface area contributed by atoms with Crippen molar-refractivity contribution in [2.45, 2.75) is 30.9 Å². The summed E-state index contributed by atoms with van der Waals surface area (Å²) in [5, 5.41) is 8.77. The molecule has 0 radical (unpaired) electrons. The average molecular weight is 551 g/mol. The Kier molecular flexibility index (Phi) is 8.38. The third-order valence-corrected chi connectivity index (χ3v) is 7.75. The summed E-state index contributed by atoms with van der Waals surface area (Å²) in [5.41, 5.74) is 2.19. The lowest BCUT2D eigenvalue weighted by molar-refractivity contribution is -0.149. The fourth-order valence-electron chi connectivity index (χ4n) is 4.20. The molecule has 3 N–H and O–H groups in total. The van der Waals surface area contributed by atoms with Crippen molar-refractivity contribution >= 4 is 45.9 Å². The lowest BCUT2D eigenvalue weighted by Crippen LogP contribution is -2.40. The first-order valence-corrected chi connectivity index (χ1v) is 13.2. The average Bonchev–Trinajstić information content (AvgIpc) is 3.57. The minimum atomic E-state index is -4.48. The predicted molar refractivity (Wildman–Crippen MR) is 145 cm³/mol. The number of thiazole rings is 1. The van der Waals surface area contributed by atoms with Crippen molar-refractivity contribution < 1.29 is 18.0 Å². The Hall–Kier alpha value is -3.12. The zero-order valence-corrected chi connectivity index (χ0v) is 22.1. The molecule has 1 aromatic carbocycles. The minimum absolute atomic E-state index is 0.0107. The summed E-state index contributed by atoms with van der Waals surface area (Å²) < 4.78 is 40.3. The number of benzene rings is 1. The van der Waals surface area contributed by atoms with E-state index in [2.05, 4.69) is 25.5 Å². The molecule has 0 saturated carbocycles. The Balaban J connectivity index is 1.28. The zero-order chi connectivity index (χ0) is 26.6. The number of hydrogen-bond donors (Lipinski definition) is 3. The van der Waals surface area contributed by atoms with Crippen molar-refractivity contribution in [3.05, 3.63) is 64.4 Å². The summed E-state index contributed by atoms with van der Waals surface area (Å²) in [6.07, 6.45) is -1.42. The molecule has 1 fully saturated rings. The van der Waals surface area contributed by atoms with Crippen LogP contribution in [-0.2, 0) is 0 Å². The van der Waals surface area contributed by atoms with Crippen LogP contribution in [0.1, 0.15) is 45.9 Å². The molecular weight excluding hydrogens is 521 g/mol. The second-order valence-corrected chi connectivity index (χ2v) is 10.4. The first kappa shape index (κ1) is 26.9. The standard InChI is InChI=1S/C25H29F3N6OS2/c1-33(2)18-7-5-17(6-8-18)31-24(36)34-12-9-16(10-13-34)23-32-21(15-37-23)22(35)30-14-19(25(26,27)28)20-4-3-11-29-20/h3-8,11,15-16,19,29H,9-10,12-14H2,1-2H3,(H,30,35)(H,31,36)/t19-/m1/s1. The molecule has 37 heavy (non-hydrogen) atoms. The number of aromatic nitrogens is 2. The highest BCUT2D eigenvalue weighted by atomic mass is 32.1. The molecule has 1 atom stereocenters. The van der Waals surface area contributed by atoms with Crippen LogP contribution in [0.15, 0.2) is 48.0 Å². The van der Waals surface area contributed by atoms with Gasteiger partial charge in [-0.2, -0.15) is 13.2 Å². The van der Waals surface area contributed by atoms with Gasteiger partial charge in [0.1, 0.15) is 11.6 Å². The number of likely N-dealkylation sites (tertiary alicyclic amines) is 1. The highest BCUT2D eigenvalue weighted by molar-refractivity contribution is 7.80. The molecule has 0 spiro atoms. The third-order valence-electron chi connectivity index (χ3n) is 6.38. The van der Waals surface area contributed by atoms with E-state index in [9.17, 15) is 18.0 Å². The van der Waals surface area contributed by atoms with Crippen molar-refractivity contribution in [2.75, 3.05) is 43.9 Å². The summed E-state index contributed by atoms with van der Waals surface area (Å²) in [5.74, 6) is -2.24. The van der Waals surface area contributed by atoms with Gasteiger partial charge in [-0.15, -0.1) is 11.3 Å². The molecule has 2 aromatic heterocycles. The van der Waals surface area contributed by atoms with E-state index in [1.54, 1.807) is 5.38 Å². The molecule has 3 heterocycles. The van der Waals surface area contributed by atoms with E-state index in [1.165, 1.54) is 29.7 Å². The summed E-state index contributed by atoms with van der Waals surface area (Å²) >= 11 is 6.96. The molecule has 7 nitrogen and oxygen atoms in total. The number of aromatic amines is 1. The van der Waals surface area contributed by atoms with Gasteiger partial charge >= 0.3 is 6.18 Å². The molecule has 1 aliphatic heterocycles. The van der Waals surface area contributed by atoms with Crippen LogP contribution in [0.25, 0.3) is 0 Å². The van der Waals surface area contributed by atoms with Gasteiger partial charge in [0.05, 0.1) is 5.01 Å². The molecular formula is C25H29F3N6OS2. The van der Waals surface area contributed by atoms with Crippen molar-refractivity contribution in [3.8, 4) is 0 Å². The SMILES string of the molecule is CN(C)c1ccc(NC(=S)N2CCC(c3nc(C(=O)NC[C@H](c4ccc[nH]4)C(F)(F)F)cs3)CC2)cc1. The van der Waals surface area contributed by atoms with Crippen molar-refractivity contribution in [1.29, 1.82) is 0 Å². The van der Waals surface area contributed by atoms with E-state index in [-0.39, 0.29) is 17.3 Å². The molecule has 0 unspecified atom stereocenters. The highest BCUT2D eigenvalue weighted by Gasteiger charge is 2.41. The van der Waals surface area contributed by atoms with Crippen molar-refractivity contribution in [2.24, 2.45) is 0 Å². The molecule has 0 aliphatic carbocycles. The number of alkyl halides is 3. The largest absolute Gasteiger partial charge is 0.398 e. The van der Waals surface area contributed by atoms with Crippen LogP contribution in [0, 0.1) is 0 Å². The van der Waals surface area contributed by atoms with Crippen LogP contribution in [0.5, 0.6) is 0 Å². The Labute approximate surface area is 223 Å². The Bertz CT molecular complexity index is 1190. The fraction of sp³-hybridized carbons (Fsp3) is 0.400. The van der Waals surface area contributed by atoms with Crippen LogP contribution in [0.3, 0.4) is 0 Å². The normalized spacial score (nSPS) is 15.3. The molecule has 1 saturated heterocycles. The first-order valence-electron chi connectivity index (χ1n) is 11.9. The van der Waals surface area contributed by atoms with Gasteiger partial charge in [-0.05, 0) is 61.5 Å². The minimum Gasteiger partial charge on any atom is -0.378 e. The van der Waals surface area contributed by atoms with Gasteiger partial charge in [0.25, 0.3) is 5.91 Å². The zero-order valence-electron chi connectivity index (χ0n) is 20.5. The summed E-state index contributed by atoms with van der Waals surface area (Å²) in [6, 6.07) is 10.9. The lowest BCUT2D eigenvalue weighted by Gasteiger charge is -2.33. The second-order valence-electron chi connectivity index (χ2n) is 9.13. The first-order chi connectivity index (χ1) is 17.6. The summed E-state index contributed by atoms with van der Waals surface area (Å²) in [4.78, 5) is 23.7. The van der Waals surface area contributed by atoms with Gasteiger partial charge in [-0.1, -0.05) is 0 Å². The number of rotatable bonds is 7. The van der Waals surface area contributed by atoms with Gasteiger partial charge in [-0.3, -0.25) is 4.79 Å². The maximum absolute atomic E-state index is 13.4. The number of piperidine rings is 1. The number of thiocarbonyl (C=S) groups is 1. The number of hydrogen-bond acceptors (Lipinski definition) is 5. The predicted octanol–water partition coefficient (Wildman–Crippen LogP) is 5.19. The number of nitrogens with one attached hydrogen (secondary N) is 3. The lowest BCUT2D eigenvalue weighted by atomic mass is 9.98. The fourth-order valence-corrected chi connectivity index (χ4v) is 5.47.